The molecule has 0 fully saturated rings. The number of halogens is 1. The standard InChI is InChI=1S/C33H35BrN2O4/c1-3-4-19-35-33(38)29(21-24-11-6-5-7-12-24)36(22-25-13-10-15-27(20-25)39-2)31(37)23-40-30-18-17-26-14-8-9-16-28(26)32(30)34/h5-18,20,29H,3-4,19,21-23H2,1-2H3,(H,35,38)/t29-/m1/s1. The first-order valence-corrected chi connectivity index (χ1v) is 14.3. The van der Waals surface area contributed by atoms with Crippen molar-refractivity contribution in [3.05, 3.63) is 107 Å². The summed E-state index contributed by atoms with van der Waals surface area (Å²) in [5, 5.41) is 5.11. The zero-order chi connectivity index (χ0) is 28.3. The van der Waals surface area contributed by atoms with Crippen molar-refractivity contribution in [1.82, 2.24) is 10.2 Å². The molecule has 0 heterocycles. The quantitative estimate of drug-likeness (QED) is 0.176. The van der Waals surface area contributed by atoms with Gasteiger partial charge in [0.2, 0.25) is 5.91 Å². The SMILES string of the molecule is CCCCNC(=O)[C@@H](Cc1ccccc1)N(Cc1cccc(OC)c1)C(=O)COc1ccc2ccccc2c1Br. The van der Waals surface area contributed by atoms with Crippen LogP contribution in [0.3, 0.4) is 0 Å². The molecule has 4 rings (SSSR count). The minimum Gasteiger partial charge on any atom is -0.497 e. The largest absolute Gasteiger partial charge is 0.497 e. The van der Waals surface area contributed by atoms with Gasteiger partial charge in [-0.25, -0.2) is 0 Å². The second-order valence-electron chi connectivity index (χ2n) is 9.61. The van der Waals surface area contributed by atoms with Gasteiger partial charge in [0.05, 0.1) is 11.6 Å². The molecule has 0 aromatic heterocycles. The van der Waals surface area contributed by atoms with Crippen LogP contribution in [0, 0.1) is 0 Å². The predicted molar refractivity (Wildman–Crippen MR) is 163 cm³/mol. The summed E-state index contributed by atoms with van der Waals surface area (Å²) in [4.78, 5) is 29.1. The van der Waals surface area contributed by atoms with Gasteiger partial charge >= 0.3 is 0 Å². The predicted octanol–water partition coefficient (Wildman–Crippen LogP) is 6.55. The van der Waals surface area contributed by atoms with E-state index in [0.29, 0.717) is 24.5 Å². The van der Waals surface area contributed by atoms with Crippen LogP contribution in [0.25, 0.3) is 10.8 Å². The molecule has 0 bridgehead atoms. The molecule has 4 aromatic rings. The molecule has 7 heteroatoms. The van der Waals surface area contributed by atoms with Crippen LogP contribution in [-0.4, -0.2) is 43.0 Å². The van der Waals surface area contributed by atoms with E-state index < -0.39 is 6.04 Å². The Balaban J connectivity index is 1.63. The van der Waals surface area contributed by atoms with Gasteiger partial charge in [-0.15, -0.1) is 0 Å². The molecule has 0 radical (unpaired) electrons. The highest BCUT2D eigenvalue weighted by molar-refractivity contribution is 9.10. The first kappa shape index (κ1) is 29.2. The van der Waals surface area contributed by atoms with Crippen molar-refractivity contribution in [3.63, 3.8) is 0 Å². The Morgan fingerprint density at radius 2 is 1.68 bits per heavy atom. The molecular weight excluding hydrogens is 568 g/mol. The van der Waals surface area contributed by atoms with Crippen molar-refractivity contribution in [1.29, 1.82) is 0 Å². The fraction of sp³-hybridized carbons (Fsp3) is 0.273. The zero-order valence-corrected chi connectivity index (χ0v) is 24.5. The molecule has 1 N–H and O–H groups in total. The maximum atomic E-state index is 13.9. The van der Waals surface area contributed by atoms with Gasteiger partial charge in [0, 0.05) is 19.5 Å². The molecule has 0 spiro atoms. The second kappa shape index (κ2) is 14.5. The number of rotatable bonds is 13. The molecule has 208 valence electrons. The minimum absolute atomic E-state index is 0.180. The zero-order valence-electron chi connectivity index (χ0n) is 22.9. The minimum atomic E-state index is -0.721. The molecule has 2 amide bonds. The Kier molecular flexibility index (Phi) is 10.6. The molecule has 1 atom stereocenters. The summed E-state index contributed by atoms with van der Waals surface area (Å²) in [5.74, 6) is 0.795. The van der Waals surface area contributed by atoms with Crippen LogP contribution in [0.4, 0.5) is 0 Å². The van der Waals surface area contributed by atoms with E-state index >= 15 is 0 Å². The van der Waals surface area contributed by atoms with E-state index in [1.54, 1.807) is 12.0 Å². The van der Waals surface area contributed by atoms with Gasteiger partial charge in [-0.1, -0.05) is 86.1 Å². The Bertz CT molecular complexity index is 1430. The summed E-state index contributed by atoms with van der Waals surface area (Å²) >= 11 is 3.64. The van der Waals surface area contributed by atoms with Gasteiger partial charge < -0.3 is 19.7 Å². The molecule has 0 aliphatic carbocycles. The van der Waals surface area contributed by atoms with Crippen LogP contribution < -0.4 is 14.8 Å². The molecule has 0 saturated carbocycles. The number of fused-ring (bicyclic) bond motifs is 1. The molecule has 4 aromatic carbocycles. The normalized spacial score (nSPS) is 11.6. The Morgan fingerprint density at radius 1 is 0.925 bits per heavy atom. The highest BCUT2D eigenvalue weighted by Crippen LogP contribution is 2.33. The third kappa shape index (κ3) is 7.63. The summed E-state index contributed by atoms with van der Waals surface area (Å²) in [6, 6.07) is 28.4. The monoisotopic (exact) mass is 602 g/mol. The average Bonchev–Trinajstić information content (AvgIpc) is 2.99. The molecule has 6 nitrogen and oxygen atoms in total. The van der Waals surface area contributed by atoms with Crippen LogP contribution in [0.1, 0.15) is 30.9 Å². The molecular formula is C33H35BrN2O4. The van der Waals surface area contributed by atoms with Crippen molar-refractivity contribution < 1.29 is 19.1 Å². The third-order valence-electron chi connectivity index (χ3n) is 6.77. The fourth-order valence-corrected chi connectivity index (χ4v) is 5.18. The number of methoxy groups -OCH3 is 1. The highest BCUT2D eigenvalue weighted by Gasteiger charge is 2.31. The van der Waals surface area contributed by atoms with Crippen LogP contribution in [0.2, 0.25) is 0 Å². The lowest BCUT2D eigenvalue weighted by atomic mass is 10.0. The highest BCUT2D eigenvalue weighted by atomic mass is 79.9. The van der Waals surface area contributed by atoms with Crippen LogP contribution >= 0.6 is 15.9 Å². The van der Waals surface area contributed by atoms with E-state index in [1.165, 1.54) is 0 Å². The van der Waals surface area contributed by atoms with E-state index in [9.17, 15) is 9.59 Å². The summed E-state index contributed by atoms with van der Waals surface area (Å²) < 4.78 is 12.2. The average molecular weight is 604 g/mol. The van der Waals surface area contributed by atoms with Crippen LogP contribution in [0.5, 0.6) is 11.5 Å². The number of ether oxygens (including phenoxy) is 2. The number of carbonyl (C=O) groups is 2. The van der Waals surface area contributed by atoms with Crippen molar-refractivity contribution in [2.24, 2.45) is 0 Å². The number of nitrogens with one attached hydrogen (secondary N) is 1. The van der Waals surface area contributed by atoms with Crippen molar-refractivity contribution in [3.8, 4) is 11.5 Å². The summed E-state index contributed by atoms with van der Waals surface area (Å²) in [6.07, 6.45) is 2.21. The van der Waals surface area contributed by atoms with E-state index in [0.717, 1.165) is 39.2 Å². The number of hydrogen-bond acceptors (Lipinski definition) is 4. The maximum absolute atomic E-state index is 13.9. The summed E-state index contributed by atoms with van der Waals surface area (Å²) in [5.41, 5.74) is 1.83. The molecule has 0 saturated heterocycles. The smallest absolute Gasteiger partial charge is 0.261 e. The summed E-state index contributed by atoms with van der Waals surface area (Å²) in [7, 11) is 1.61. The Hall–Kier alpha value is -3.84. The van der Waals surface area contributed by atoms with E-state index in [2.05, 4.69) is 28.2 Å². The fourth-order valence-electron chi connectivity index (χ4n) is 4.58. The number of nitrogens with zero attached hydrogens (tertiary/aromatic N) is 1. The second-order valence-corrected chi connectivity index (χ2v) is 10.4. The van der Waals surface area contributed by atoms with E-state index in [4.69, 9.17) is 9.47 Å². The van der Waals surface area contributed by atoms with Crippen molar-refractivity contribution >= 4 is 38.5 Å². The lowest BCUT2D eigenvalue weighted by Crippen LogP contribution is -2.51. The number of carbonyl (C=O) groups excluding carboxylic acids is 2. The number of benzene rings is 4. The Labute approximate surface area is 244 Å². The lowest BCUT2D eigenvalue weighted by molar-refractivity contribution is -0.142. The van der Waals surface area contributed by atoms with Gasteiger partial charge in [-0.3, -0.25) is 9.59 Å². The van der Waals surface area contributed by atoms with Crippen molar-refractivity contribution in [2.45, 2.75) is 38.8 Å². The first-order chi connectivity index (χ1) is 19.5. The topological polar surface area (TPSA) is 67.9 Å². The molecule has 0 unspecified atom stereocenters. The van der Waals surface area contributed by atoms with E-state index in [-0.39, 0.29) is 25.0 Å². The molecule has 0 aliphatic heterocycles. The maximum Gasteiger partial charge on any atom is 0.261 e. The Morgan fingerprint density at radius 3 is 2.45 bits per heavy atom. The first-order valence-electron chi connectivity index (χ1n) is 13.5. The lowest BCUT2D eigenvalue weighted by Gasteiger charge is -2.31. The van der Waals surface area contributed by atoms with Crippen LogP contribution in [-0.2, 0) is 22.6 Å². The van der Waals surface area contributed by atoms with Gasteiger partial charge in [0.1, 0.15) is 17.5 Å². The third-order valence-corrected chi connectivity index (χ3v) is 7.58. The summed E-state index contributed by atoms with van der Waals surface area (Å²) in [6.45, 7) is 2.66. The number of amides is 2. The van der Waals surface area contributed by atoms with Gasteiger partial charge in [-0.2, -0.15) is 0 Å². The number of unbranched alkanes of at least 4 members (excludes halogenated alkanes) is 1. The van der Waals surface area contributed by atoms with Gasteiger partial charge in [0.15, 0.2) is 6.61 Å². The molecule has 40 heavy (non-hydrogen) atoms. The molecule has 0 aliphatic rings. The van der Waals surface area contributed by atoms with Crippen LogP contribution in [0.15, 0.2) is 95.5 Å². The van der Waals surface area contributed by atoms with E-state index in [1.807, 2.05) is 91.0 Å². The van der Waals surface area contributed by atoms with Gasteiger partial charge in [-0.05, 0) is 62.4 Å². The van der Waals surface area contributed by atoms with Crippen molar-refractivity contribution in [2.75, 3.05) is 20.3 Å². The van der Waals surface area contributed by atoms with Gasteiger partial charge in [0.25, 0.3) is 5.91 Å². The number of hydrogen-bond donors (Lipinski definition) is 1.